The lowest BCUT2D eigenvalue weighted by molar-refractivity contribution is 0.0360. The van der Waals surface area contributed by atoms with Gasteiger partial charge in [-0.05, 0) is 43.6 Å². The molecule has 6 heteroatoms. The van der Waals surface area contributed by atoms with Crippen LogP contribution < -0.4 is 4.74 Å². The van der Waals surface area contributed by atoms with Gasteiger partial charge in [-0.1, -0.05) is 12.1 Å². The van der Waals surface area contributed by atoms with Crippen LogP contribution in [0.3, 0.4) is 0 Å². The quantitative estimate of drug-likeness (QED) is 0.714. The zero-order valence-corrected chi connectivity index (χ0v) is 16.1. The average Bonchev–Trinajstić information content (AvgIpc) is 3.40. The second kappa shape index (κ2) is 9.35. The third-order valence-corrected chi connectivity index (χ3v) is 5.44. The maximum absolute atomic E-state index is 5.89. The first kappa shape index (κ1) is 18.5. The Labute approximate surface area is 161 Å². The van der Waals surface area contributed by atoms with E-state index in [1.54, 1.807) is 0 Å². The monoisotopic (exact) mass is 370 g/mol. The molecule has 2 saturated heterocycles. The topological polar surface area (TPSA) is 42.8 Å². The molecule has 0 saturated carbocycles. The van der Waals surface area contributed by atoms with Crippen molar-refractivity contribution >= 4 is 0 Å². The molecule has 0 atom stereocenters. The molecule has 4 rings (SSSR count). The van der Waals surface area contributed by atoms with Gasteiger partial charge in [0.1, 0.15) is 12.4 Å². The summed E-state index contributed by atoms with van der Waals surface area (Å²) in [5, 5.41) is 4.52. The van der Waals surface area contributed by atoms with Crippen LogP contribution in [0.1, 0.15) is 12.8 Å². The molecule has 0 bridgehead atoms. The van der Waals surface area contributed by atoms with Gasteiger partial charge in [0, 0.05) is 37.9 Å². The maximum atomic E-state index is 5.89. The van der Waals surface area contributed by atoms with Crippen LogP contribution in [0, 0.1) is 0 Å². The summed E-state index contributed by atoms with van der Waals surface area (Å²) in [6.07, 6.45) is 6.73. The Balaban J connectivity index is 1.25. The van der Waals surface area contributed by atoms with E-state index in [1.807, 2.05) is 10.9 Å². The van der Waals surface area contributed by atoms with Gasteiger partial charge in [0.15, 0.2) is 0 Å². The summed E-state index contributed by atoms with van der Waals surface area (Å²) in [4.78, 5) is 4.90. The second-order valence-corrected chi connectivity index (χ2v) is 7.37. The van der Waals surface area contributed by atoms with Gasteiger partial charge in [-0.25, -0.2) is 0 Å². The highest BCUT2D eigenvalue weighted by Gasteiger charge is 2.12. The van der Waals surface area contributed by atoms with E-state index >= 15 is 0 Å². The summed E-state index contributed by atoms with van der Waals surface area (Å²) >= 11 is 0. The fourth-order valence-electron chi connectivity index (χ4n) is 3.75. The van der Waals surface area contributed by atoms with E-state index in [9.17, 15) is 0 Å². The van der Waals surface area contributed by atoms with E-state index in [1.165, 1.54) is 31.5 Å². The molecule has 0 amide bonds. The lowest BCUT2D eigenvalue weighted by Crippen LogP contribution is -2.38. The molecule has 146 valence electrons. The highest BCUT2D eigenvalue weighted by Crippen LogP contribution is 2.22. The van der Waals surface area contributed by atoms with Crippen molar-refractivity contribution in [2.45, 2.75) is 19.4 Å². The number of aromatic nitrogens is 2. The predicted octanol–water partition coefficient (Wildman–Crippen LogP) is 2.36. The van der Waals surface area contributed by atoms with Crippen LogP contribution in [0.2, 0.25) is 0 Å². The highest BCUT2D eigenvalue weighted by atomic mass is 16.5. The third kappa shape index (κ3) is 5.31. The fraction of sp³-hybridized carbons (Fsp3) is 0.571. The van der Waals surface area contributed by atoms with Crippen LogP contribution in [0.4, 0.5) is 0 Å². The van der Waals surface area contributed by atoms with Gasteiger partial charge in [-0.3, -0.25) is 14.5 Å². The number of benzene rings is 1. The Hall–Kier alpha value is -1.89. The number of ether oxygens (including phenoxy) is 2. The molecule has 3 heterocycles. The first-order valence-electron chi connectivity index (χ1n) is 10.1. The zero-order valence-electron chi connectivity index (χ0n) is 16.1. The largest absolute Gasteiger partial charge is 0.492 e. The summed E-state index contributed by atoms with van der Waals surface area (Å²) in [5.74, 6) is 0.942. The molecule has 1 aromatic heterocycles. The van der Waals surface area contributed by atoms with E-state index in [4.69, 9.17) is 9.47 Å². The molecule has 6 nitrogen and oxygen atoms in total. The Morgan fingerprint density at radius 1 is 0.852 bits per heavy atom. The van der Waals surface area contributed by atoms with E-state index in [0.29, 0.717) is 0 Å². The SMILES string of the molecule is c1cc(-c2cnn(CCN3CCOCC3)c2)ccc1OCCN1CCCC1. The molecule has 0 aliphatic carbocycles. The molecular formula is C21H30N4O2. The number of hydrogen-bond acceptors (Lipinski definition) is 5. The van der Waals surface area contributed by atoms with Crippen LogP contribution in [-0.2, 0) is 11.3 Å². The first-order chi connectivity index (χ1) is 13.4. The number of rotatable bonds is 8. The Bertz CT molecular complexity index is 688. The Kier molecular flexibility index (Phi) is 6.40. The van der Waals surface area contributed by atoms with Crippen molar-refractivity contribution in [1.82, 2.24) is 19.6 Å². The van der Waals surface area contributed by atoms with Gasteiger partial charge in [0.2, 0.25) is 0 Å². The van der Waals surface area contributed by atoms with Crippen LogP contribution >= 0.6 is 0 Å². The van der Waals surface area contributed by atoms with Gasteiger partial charge in [0.05, 0.1) is 26.0 Å². The minimum atomic E-state index is 0.763. The van der Waals surface area contributed by atoms with E-state index < -0.39 is 0 Å². The molecule has 2 fully saturated rings. The van der Waals surface area contributed by atoms with Crippen molar-refractivity contribution in [2.24, 2.45) is 0 Å². The van der Waals surface area contributed by atoms with Crippen molar-refractivity contribution in [3.05, 3.63) is 36.7 Å². The maximum Gasteiger partial charge on any atom is 0.119 e. The third-order valence-electron chi connectivity index (χ3n) is 5.44. The predicted molar refractivity (Wildman–Crippen MR) is 106 cm³/mol. The normalized spacial score (nSPS) is 18.8. The summed E-state index contributed by atoms with van der Waals surface area (Å²) in [5.41, 5.74) is 2.33. The number of likely N-dealkylation sites (tertiary alicyclic amines) is 1. The standard InChI is InChI=1S/C21H30N4O2/c1-2-8-23(7-1)13-16-27-21-5-3-19(4-6-21)20-17-22-25(18-20)10-9-24-11-14-26-15-12-24/h3-6,17-18H,1-2,7-16H2. The molecule has 0 radical (unpaired) electrons. The number of nitrogens with zero attached hydrogens (tertiary/aromatic N) is 4. The van der Waals surface area contributed by atoms with Crippen LogP contribution in [0.5, 0.6) is 5.75 Å². The average molecular weight is 370 g/mol. The van der Waals surface area contributed by atoms with Gasteiger partial charge in [-0.15, -0.1) is 0 Å². The van der Waals surface area contributed by atoms with E-state index in [0.717, 1.165) is 63.9 Å². The first-order valence-corrected chi connectivity index (χ1v) is 10.1. The summed E-state index contributed by atoms with van der Waals surface area (Å²) in [6.45, 7) is 9.90. The molecule has 0 unspecified atom stereocenters. The molecule has 2 aliphatic heterocycles. The lowest BCUT2D eigenvalue weighted by atomic mass is 10.1. The van der Waals surface area contributed by atoms with Gasteiger partial charge in [-0.2, -0.15) is 5.10 Å². The summed E-state index contributed by atoms with van der Waals surface area (Å²) in [6, 6.07) is 8.36. The summed E-state index contributed by atoms with van der Waals surface area (Å²) < 4.78 is 13.3. The van der Waals surface area contributed by atoms with E-state index in [-0.39, 0.29) is 0 Å². The van der Waals surface area contributed by atoms with Crippen molar-refractivity contribution in [3.63, 3.8) is 0 Å². The minimum Gasteiger partial charge on any atom is -0.492 e. The number of morpholine rings is 1. The summed E-state index contributed by atoms with van der Waals surface area (Å²) in [7, 11) is 0. The highest BCUT2D eigenvalue weighted by molar-refractivity contribution is 5.62. The lowest BCUT2D eigenvalue weighted by Gasteiger charge is -2.26. The number of hydrogen-bond donors (Lipinski definition) is 0. The van der Waals surface area contributed by atoms with Crippen molar-refractivity contribution < 1.29 is 9.47 Å². The van der Waals surface area contributed by atoms with Gasteiger partial charge in [0.25, 0.3) is 0 Å². The Morgan fingerprint density at radius 2 is 1.59 bits per heavy atom. The molecule has 2 aromatic rings. The smallest absolute Gasteiger partial charge is 0.119 e. The molecule has 27 heavy (non-hydrogen) atoms. The fourth-order valence-corrected chi connectivity index (χ4v) is 3.75. The molecule has 0 N–H and O–H groups in total. The van der Waals surface area contributed by atoms with Crippen molar-refractivity contribution in [3.8, 4) is 16.9 Å². The minimum absolute atomic E-state index is 0.763. The van der Waals surface area contributed by atoms with Crippen molar-refractivity contribution in [1.29, 1.82) is 0 Å². The molecular weight excluding hydrogens is 340 g/mol. The van der Waals surface area contributed by atoms with Gasteiger partial charge >= 0.3 is 0 Å². The molecule has 0 spiro atoms. The second-order valence-electron chi connectivity index (χ2n) is 7.37. The van der Waals surface area contributed by atoms with Crippen LogP contribution in [-0.4, -0.2) is 78.7 Å². The van der Waals surface area contributed by atoms with Crippen LogP contribution in [0.25, 0.3) is 11.1 Å². The van der Waals surface area contributed by atoms with E-state index in [2.05, 4.69) is 45.4 Å². The van der Waals surface area contributed by atoms with Crippen LogP contribution in [0.15, 0.2) is 36.7 Å². The van der Waals surface area contributed by atoms with Crippen molar-refractivity contribution in [2.75, 3.05) is 59.1 Å². The molecule has 2 aliphatic rings. The molecule has 1 aromatic carbocycles. The Morgan fingerprint density at radius 3 is 2.37 bits per heavy atom. The van der Waals surface area contributed by atoms with Gasteiger partial charge < -0.3 is 9.47 Å². The zero-order chi connectivity index (χ0) is 18.3.